The molecule has 0 unspecified atom stereocenters. The van der Waals surface area contributed by atoms with E-state index in [-0.39, 0.29) is 5.75 Å². The number of hydrazine groups is 1. The van der Waals surface area contributed by atoms with Gasteiger partial charge in [0.25, 0.3) is 0 Å². The van der Waals surface area contributed by atoms with E-state index < -0.39 is 18.5 Å². The zero-order valence-corrected chi connectivity index (χ0v) is 15.7. The van der Waals surface area contributed by atoms with Gasteiger partial charge in [-0.1, -0.05) is 31.9 Å². The Balaban J connectivity index is 2.06. The van der Waals surface area contributed by atoms with Gasteiger partial charge >= 0.3 is 6.09 Å². The molecule has 0 saturated heterocycles. The van der Waals surface area contributed by atoms with Gasteiger partial charge in [0.15, 0.2) is 0 Å². The van der Waals surface area contributed by atoms with E-state index in [0.29, 0.717) is 11.3 Å². The summed E-state index contributed by atoms with van der Waals surface area (Å²) in [5, 5.41) is 1.02. The van der Waals surface area contributed by atoms with Crippen LogP contribution in [0.1, 0.15) is 5.56 Å². The largest absolute Gasteiger partial charge is 0.437 e. The van der Waals surface area contributed by atoms with Crippen molar-refractivity contribution in [1.29, 1.82) is 0 Å². The summed E-state index contributed by atoms with van der Waals surface area (Å²) in [4.78, 5) is 12.4. The molecule has 0 aliphatic carbocycles. The lowest BCUT2D eigenvalue weighted by Crippen LogP contribution is -2.58. The van der Waals surface area contributed by atoms with Crippen LogP contribution in [0.2, 0.25) is 0 Å². The Bertz CT molecular complexity index is 766. The molecule has 126 valence electrons. The third-order valence-electron chi connectivity index (χ3n) is 3.71. The van der Waals surface area contributed by atoms with Crippen molar-refractivity contribution in [2.75, 3.05) is 19.2 Å². The number of rotatable bonds is 4. The maximum absolute atomic E-state index is 14.1. The van der Waals surface area contributed by atoms with Crippen molar-refractivity contribution in [3.8, 4) is 5.75 Å². The number of carbonyl (C=O) groups is 1. The number of alkyl halides is 1. The van der Waals surface area contributed by atoms with Gasteiger partial charge in [0, 0.05) is 16.1 Å². The van der Waals surface area contributed by atoms with Gasteiger partial charge in [-0.15, -0.1) is 0 Å². The molecule has 5 nitrogen and oxygen atoms in total. The summed E-state index contributed by atoms with van der Waals surface area (Å²) in [5.41, 5.74) is 2.23. The fourth-order valence-corrected chi connectivity index (χ4v) is 3.11. The first-order valence-corrected chi connectivity index (χ1v) is 8.54. The summed E-state index contributed by atoms with van der Waals surface area (Å²) in [7, 11) is 1.35. The number of halogens is 3. The van der Waals surface area contributed by atoms with Crippen LogP contribution in [0.3, 0.4) is 0 Å². The van der Waals surface area contributed by atoms with Crippen molar-refractivity contribution in [3.05, 3.63) is 57.0 Å². The second-order valence-corrected chi connectivity index (χ2v) is 6.92. The Morgan fingerprint density at radius 2 is 1.88 bits per heavy atom. The van der Waals surface area contributed by atoms with Crippen molar-refractivity contribution in [2.24, 2.45) is 0 Å². The highest BCUT2D eigenvalue weighted by Gasteiger charge is 2.49. The van der Waals surface area contributed by atoms with Crippen molar-refractivity contribution >= 4 is 43.6 Å². The molecule has 0 saturated carbocycles. The van der Waals surface area contributed by atoms with E-state index >= 15 is 0 Å². The van der Waals surface area contributed by atoms with Crippen LogP contribution < -0.4 is 10.2 Å². The summed E-state index contributed by atoms with van der Waals surface area (Å²) < 4.78 is 26.4. The van der Waals surface area contributed by atoms with Crippen molar-refractivity contribution in [1.82, 2.24) is 5.01 Å². The first-order valence-electron chi connectivity index (χ1n) is 6.95. The fraction of sp³-hybridized carbons (Fsp3) is 0.188. The molecule has 1 N–H and O–H groups in total. The average molecular weight is 460 g/mol. The lowest BCUT2D eigenvalue weighted by atomic mass is 10.0. The minimum Gasteiger partial charge on any atom is -0.408 e. The van der Waals surface area contributed by atoms with Gasteiger partial charge in [-0.25, -0.2) is 9.18 Å². The van der Waals surface area contributed by atoms with E-state index in [1.54, 1.807) is 42.5 Å². The molecule has 24 heavy (non-hydrogen) atoms. The predicted molar refractivity (Wildman–Crippen MR) is 94.4 cm³/mol. The first kappa shape index (κ1) is 17.2. The highest BCUT2D eigenvalue weighted by atomic mass is 79.9. The second-order valence-electron chi connectivity index (χ2n) is 5.08. The van der Waals surface area contributed by atoms with Crippen molar-refractivity contribution in [3.63, 3.8) is 0 Å². The molecule has 2 aromatic rings. The van der Waals surface area contributed by atoms with Crippen LogP contribution >= 0.6 is 31.9 Å². The third-order valence-corrected chi connectivity index (χ3v) is 4.73. The highest BCUT2D eigenvalue weighted by Crippen LogP contribution is 2.42. The van der Waals surface area contributed by atoms with Crippen LogP contribution in [0.25, 0.3) is 0 Å². The van der Waals surface area contributed by atoms with E-state index in [9.17, 15) is 9.18 Å². The molecular formula is C16H13Br2FN2O3. The standard InChI is InChI=1S/C16H13Br2FN2O3/c1-23-16(9-19)13-8-11(18)4-7-14(13)24-15(22)21(16)20-12-5-2-10(17)3-6-12/h2-8,20H,9H2,1H3/t16-/m1/s1. The molecule has 0 bridgehead atoms. The summed E-state index contributed by atoms with van der Waals surface area (Å²) >= 11 is 6.69. The minimum absolute atomic E-state index is 0.261. The Kier molecular flexibility index (Phi) is 4.80. The SMILES string of the molecule is CO[C@]1(CF)c2cc(Br)ccc2OC(=O)N1Nc1ccc(Br)cc1. The van der Waals surface area contributed by atoms with E-state index in [0.717, 1.165) is 14.0 Å². The van der Waals surface area contributed by atoms with Crippen LogP contribution in [0.15, 0.2) is 51.4 Å². The maximum Gasteiger partial charge on any atom is 0.437 e. The van der Waals surface area contributed by atoms with Crippen LogP contribution in [-0.2, 0) is 10.5 Å². The molecule has 1 heterocycles. The van der Waals surface area contributed by atoms with Gasteiger partial charge in [0.2, 0.25) is 5.72 Å². The summed E-state index contributed by atoms with van der Waals surface area (Å²) in [5.74, 6) is 0.261. The number of fused-ring (bicyclic) bond motifs is 1. The first-order chi connectivity index (χ1) is 11.5. The molecule has 0 aromatic heterocycles. The van der Waals surface area contributed by atoms with Crippen LogP contribution in [0, 0.1) is 0 Å². The summed E-state index contributed by atoms with van der Waals surface area (Å²) in [6, 6.07) is 12.1. The van der Waals surface area contributed by atoms with E-state index in [1.807, 2.05) is 0 Å². The number of nitrogens with one attached hydrogen (secondary N) is 1. The molecule has 0 fully saturated rings. The lowest BCUT2D eigenvalue weighted by Gasteiger charge is -2.43. The number of hydrogen-bond acceptors (Lipinski definition) is 4. The highest BCUT2D eigenvalue weighted by molar-refractivity contribution is 9.10. The quantitative estimate of drug-likeness (QED) is 0.711. The number of anilines is 1. The number of ether oxygens (including phenoxy) is 2. The molecule has 1 amide bonds. The van der Waals surface area contributed by atoms with Gasteiger partial charge in [-0.05, 0) is 42.5 Å². The lowest BCUT2D eigenvalue weighted by molar-refractivity contribution is -0.138. The zero-order valence-electron chi connectivity index (χ0n) is 12.6. The number of amides is 1. The zero-order chi connectivity index (χ0) is 17.3. The molecule has 1 aliphatic heterocycles. The molecule has 2 aromatic carbocycles. The monoisotopic (exact) mass is 458 g/mol. The van der Waals surface area contributed by atoms with Gasteiger partial charge < -0.3 is 9.47 Å². The molecule has 1 atom stereocenters. The van der Waals surface area contributed by atoms with Crippen molar-refractivity contribution < 1.29 is 18.7 Å². The molecule has 0 spiro atoms. The number of nitrogens with zero attached hydrogens (tertiary/aromatic N) is 1. The van der Waals surface area contributed by atoms with E-state index in [2.05, 4.69) is 37.3 Å². The normalized spacial score (nSPS) is 19.7. The predicted octanol–water partition coefficient (Wildman–Crippen LogP) is 4.82. The molecule has 8 heteroatoms. The van der Waals surface area contributed by atoms with Gasteiger partial charge in [-0.3, -0.25) is 5.43 Å². The Hall–Kier alpha value is -1.64. The minimum atomic E-state index is -1.64. The van der Waals surface area contributed by atoms with Gasteiger partial charge in [0.1, 0.15) is 12.4 Å². The van der Waals surface area contributed by atoms with Gasteiger partial charge in [0.05, 0.1) is 11.3 Å². The van der Waals surface area contributed by atoms with Gasteiger partial charge in [-0.2, -0.15) is 5.01 Å². The summed E-state index contributed by atoms with van der Waals surface area (Å²) in [6.07, 6.45) is -0.757. The summed E-state index contributed by atoms with van der Waals surface area (Å²) in [6.45, 7) is -0.953. The maximum atomic E-state index is 14.1. The molecule has 3 rings (SSSR count). The Morgan fingerprint density at radius 3 is 2.50 bits per heavy atom. The van der Waals surface area contributed by atoms with E-state index in [4.69, 9.17) is 9.47 Å². The Labute approximate surface area is 155 Å². The average Bonchev–Trinajstić information content (AvgIpc) is 2.58. The van der Waals surface area contributed by atoms with Crippen LogP contribution in [-0.4, -0.2) is 24.9 Å². The number of hydrogen-bond donors (Lipinski definition) is 1. The number of carbonyl (C=O) groups excluding carboxylic acids is 1. The Morgan fingerprint density at radius 1 is 1.21 bits per heavy atom. The van der Waals surface area contributed by atoms with Crippen LogP contribution in [0.5, 0.6) is 5.75 Å². The number of benzene rings is 2. The molecule has 1 aliphatic rings. The molecule has 0 radical (unpaired) electrons. The van der Waals surface area contributed by atoms with Crippen molar-refractivity contribution in [2.45, 2.75) is 5.72 Å². The number of methoxy groups -OCH3 is 1. The fourth-order valence-electron chi connectivity index (χ4n) is 2.48. The van der Waals surface area contributed by atoms with Crippen LogP contribution in [0.4, 0.5) is 14.9 Å². The smallest absolute Gasteiger partial charge is 0.408 e. The molecular weight excluding hydrogens is 447 g/mol. The van der Waals surface area contributed by atoms with E-state index in [1.165, 1.54) is 7.11 Å². The second kappa shape index (κ2) is 6.70. The topological polar surface area (TPSA) is 50.8 Å². The third kappa shape index (κ3) is 2.89.